The predicted octanol–water partition coefficient (Wildman–Crippen LogP) is 4.85. The zero-order chi connectivity index (χ0) is 20.6. The van der Waals surface area contributed by atoms with Crippen LogP contribution in [0.3, 0.4) is 0 Å². The molecule has 0 heterocycles. The molecule has 0 aliphatic heterocycles. The molecule has 0 spiro atoms. The van der Waals surface area contributed by atoms with Gasteiger partial charge < -0.3 is 15.3 Å². The van der Waals surface area contributed by atoms with Gasteiger partial charge in [-0.05, 0) is 57.3 Å². The first kappa shape index (κ1) is 23.2. The number of allylic oxidation sites excluding steroid dienone is 3. The zero-order valence-corrected chi connectivity index (χ0v) is 17.4. The second kappa shape index (κ2) is 11.2. The van der Waals surface area contributed by atoms with Crippen LogP contribution >= 0.6 is 11.6 Å². The van der Waals surface area contributed by atoms with E-state index in [4.69, 9.17) is 16.7 Å². The van der Waals surface area contributed by atoms with E-state index >= 15 is 0 Å². The van der Waals surface area contributed by atoms with Gasteiger partial charge in [-0.2, -0.15) is 0 Å². The number of hydrogen-bond donors (Lipinski definition) is 3. The van der Waals surface area contributed by atoms with Gasteiger partial charge in [-0.3, -0.25) is 4.79 Å². The Kier molecular flexibility index (Phi) is 9.26. The van der Waals surface area contributed by atoms with Crippen molar-refractivity contribution in [3.63, 3.8) is 0 Å². The topological polar surface area (TPSA) is 77.8 Å². The van der Waals surface area contributed by atoms with E-state index in [1.807, 2.05) is 24.3 Å². The molecule has 2 aliphatic rings. The molecule has 2 saturated carbocycles. The molecule has 0 aromatic carbocycles. The van der Waals surface area contributed by atoms with E-state index in [-0.39, 0.29) is 35.2 Å². The molecule has 158 valence electrons. The van der Waals surface area contributed by atoms with E-state index in [1.54, 1.807) is 0 Å². The summed E-state index contributed by atoms with van der Waals surface area (Å²) in [4.78, 5) is 10.5. The summed E-state index contributed by atoms with van der Waals surface area (Å²) in [5.41, 5.74) is -0.00646. The summed E-state index contributed by atoms with van der Waals surface area (Å²) in [5, 5.41) is 29.6. The summed E-state index contributed by atoms with van der Waals surface area (Å²) >= 11 is 6.47. The van der Waals surface area contributed by atoms with E-state index in [1.165, 1.54) is 6.42 Å². The first-order valence-electron chi connectivity index (χ1n) is 10.5. The highest BCUT2D eigenvalue weighted by Gasteiger charge is 2.42. The normalized spacial score (nSPS) is 30.5. The number of unbranched alkanes of at least 4 members (excludes halogenated alkanes) is 1. The minimum Gasteiger partial charge on any atom is -0.481 e. The Morgan fingerprint density at radius 1 is 1.29 bits per heavy atom. The lowest BCUT2D eigenvalue weighted by atomic mass is 9.62. The van der Waals surface area contributed by atoms with Gasteiger partial charge in [-0.1, -0.05) is 36.8 Å². The maximum Gasteiger partial charge on any atom is 0.303 e. The second-order valence-corrected chi connectivity index (χ2v) is 9.00. The fourth-order valence-corrected chi connectivity index (χ4v) is 5.07. The van der Waals surface area contributed by atoms with Crippen LogP contribution in [0, 0.1) is 17.3 Å². The van der Waals surface area contributed by atoms with E-state index in [0.29, 0.717) is 19.3 Å². The van der Waals surface area contributed by atoms with Crippen LogP contribution in [0.2, 0.25) is 0 Å². The third-order valence-electron chi connectivity index (χ3n) is 6.53. The SMILES string of the molecule is C=CCC1([C@H](O)C/C=C/[C@H]2[C@H](C/C=C\CCCC(=O)O)[C@@H](Cl)C[C@@H]2O)CCC1. The second-order valence-electron chi connectivity index (χ2n) is 8.44. The highest BCUT2D eigenvalue weighted by Crippen LogP contribution is 2.48. The van der Waals surface area contributed by atoms with Crippen LogP contribution in [0.25, 0.3) is 0 Å². The smallest absolute Gasteiger partial charge is 0.303 e. The molecule has 0 aromatic rings. The summed E-state index contributed by atoms with van der Waals surface area (Å²) in [5.74, 6) is -0.612. The number of rotatable bonds is 12. The fourth-order valence-electron chi connectivity index (χ4n) is 4.61. The average molecular weight is 411 g/mol. The summed E-state index contributed by atoms with van der Waals surface area (Å²) in [6.45, 7) is 3.82. The van der Waals surface area contributed by atoms with Gasteiger partial charge >= 0.3 is 5.97 Å². The summed E-state index contributed by atoms with van der Waals surface area (Å²) in [7, 11) is 0. The molecule has 28 heavy (non-hydrogen) atoms. The number of aliphatic hydroxyl groups excluding tert-OH is 2. The van der Waals surface area contributed by atoms with Crippen molar-refractivity contribution in [2.24, 2.45) is 17.3 Å². The lowest BCUT2D eigenvalue weighted by molar-refractivity contribution is -0.137. The number of carboxylic acid groups (broad SMARTS) is 1. The van der Waals surface area contributed by atoms with Gasteiger partial charge in [0.1, 0.15) is 0 Å². The van der Waals surface area contributed by atoms with Crippen LogP contribution < -0.4 is 0 Å². The largest absolute Gasteiger partial charge is 0.481 e. The Morgan fingerprint density at radius 3 is 2.64 bits per heavy atom. The molecule has 3 N–H and O–H groups in total. The van der Waals surface area contributed by atoms with Crippen LogP contribution in [-0.2, 0) is 4.79 Å². The molecule has 0 bridgehead atoms. The van der Waals surface area contributed by atoms with Crippen LogP contribution in [0.4, 0.5) is 0 Å². The van der Waals surface area contributed by atoms with E-state index < -0.39 is 12.1 Å². The quantitative estimate of drug-likeness (QED) is 0.244. The van der Waals surface area contributed by atoms with Crippen molar-refractivity contribution in [3.05, 3.63) is 37.0 Å². The van der Waals surface area contributed by atoms with Crippen molar-refractivity contribution in [2.75, 3.05) is 0 Å². The summed E-state index contributed by atoms with van der Waals surface area (Å²) in [6, 6.07) is 0. The Morgan fingerprint density at radius 2 is 2.04 bits per heavy atom. The molecule has 0 amide bonds. The van der Waals surface area contributed by atoms with Gasteiger partial charge in [-0.25, -0.2) is 0 Å². The molecule has 4 nitrogen and oxygen atoms in total. The van der Waals surface area contributed by atoms with Crippen molar-refractivity contribution >= 4 is 17.6 Å². The van der Waals surface area contributed by atoms with E-state index in [9.17, 15) is 15.0 Å². The van der Waals surface area contributed by atoms with Gasteiger partial charge in [0.2, 0.25) is 0 Å². The standard InChI is InChI=1S/C23H35ClO4/c1-2-13-23(14-8-15-23)21(26)11-7-10-18-17(19(24)16-20(18)25)9-5-3-4-6-12-22(27)28/h2-3,5,7,10,17-21,25-26H,1,4,6,8-9,11-16H2,(H,27,28)/b5-3-,10-7+/t17-,18-,19-,20-,21+/m0/s1. The predicted molar refractivity (Wildman–Crippen MR) is 113 cm³/mol. The highest BCUT2D eigenvalue weighted by atomic mass is 35.5. The maximum atomic E-state index is 10.6. The number of halogens is 1. The Labute approximate surface area is 174 Å². The summed E-state index contributed by atoms with van der Waals surface area (Å²) in [6.07, 6.45) is 16.9. The van der Waals surface area contributed by atoms with E-state index in [0.717, 1.165) is 32.1 Å². The molecule has 2 rings (SSSR count). The Hall–Kier alpha value is -1.10. The number of hydrogen-bond acceptors (Lipinski definition) is 3. The van der Waals surface area contributed by atoms with Crippen LogP contribution in [0.5, 0.6) is 0 Å². The molecule has 5 atom stereocenters. The van der Waals surface area contributed by atoms with Gasteiger partial charge in [-0.15, -0.1) is 18.2 Å². The van der Waals surface area contributed by atoms with Crippen molar-refractivity contribution in [3.8, 4) is 0 Å². The Balaban J connectivity index is 1.85. The third kappa shape index (κ3) is 6.20. The zero-order valence-electron chi connectivity index (χ0n) is 16.7. The minimum atomic E-state index is -0.766. The third-order valence-corrected chi connectivity index (χ3v) is 7.03. The highest BCUT2D eigenvalue weighted by molar-refractivity contribution is 6.21. The lowest BCUT2D eigenvalue weighted by Crippen LogP contribution is -2.40. The fraction of sp³-hybridized carbons (Fsp3) is 0.696. The monoisotopic (exact) mass is 410 g/mol. The number of aliphatic hydroxyl groups is 2. The number of alkyl halides is 1. The Bertz CT molecular complexity index is 567. The van der Waals surface area contributed by atoms with Gasteiger partial charge in [0.25, 0.3) is 0 Å². The molecule has 0 aromatic heterocycles. The molecule has 0 saturated heterocycles. The number of carbonyl (C=O) groups is 1. The van der Waals surface area contributed by atoms with Crippen molar-refractivity contribution in [2.45, 2.75) is 81.8 Å². The average Bonchev–Trinajstić information content (AvgIpc) is 2.87. The van der Waals surface area contributed by atoms with Gasteiger partial charge in [0.15, 0.2) is 0 Å². The van der Waals surface area contributed by atoms with Gasteiger partial charge in [0, 0.05) is 23.1 Å². The van der Waals surface area contributed by atoms with E-state index in [2.05, 4.69) is 12.7 Å². The number of aliphatic carboxylic acids is 1. The van der Waals surface area contributed by atoms with Crippen molar-refractivity contribution < 1.29 is 20.1 Å². The molecule has 2 fully saturated rings. The molecule has 5 heteroatoms. The minimum absolute atomic E-state index is 0.00452. The van der Waals surface area contributed by atoms with Crippen molar-refractivity contribution in [1.82, 2.24) is 0 Å². The lowest BCUT2D eigenvalue weighted by Gasteiger charge is -2.45. The summed E-state index contributed by atoms with van der Waals surface area (Å²) < 4.78 is 0. The van der Waals surface area contributed by atoms with Crippen molar-refractivity contribution in [1.29, 1.82) is 0 Å². The molecule has 2 aliphatic carbocycles. The molecular weight excluding hydrogens is 376 g/mol. The molecule has 0 unspecified atom stereocenters. The van der Waals surface area contributed by atoms with Crippen LogP contribution in [0.1, 0.15) is 64.2 Å². The van der Waals surface area contributed by atoms with Crippen LogP contribution in [-0.4, -0.2) is 38.9 Å². The molecular formula is C23H35ClO4. The van der Waals surface area contributed by atoms with Gasteiger partial charge in [0.05, 0.1) is 12.2 Å². The first-order valence-corrected chi connectivity index (χ1v) is 11.0. The number of carboxylic acids is 1. The first-order chi connectivity index (χ1) is 13.4. The maximum absolute atomic E-state index is 10.6. The van der Waals surface area contributed by atoms with Crippen LogP contribution in [0.15, 0.2) is 37.0 Å². The molecule has 0 radical (unpaired) electrons.